The van der Waals surface area contributed by atoms with Crippen LogP contribution in [0.25, 0.3) is 0 Å². The first-order valence-electron chi connectivity index (χ1n) is 7.71. The molecule has 2 amide bonds. The highest BCUT2D eigenvalue weighted by molar-refractivity contribution is 6.33. The zero-order valence-electron chi connectivity index (χ0n) is 13.2. The normalized spacial score (nSPS) is 13.9. The van der Waals surface area contributed by atoms with Crippen molar-refractivity contribution in [2.75, 3.05) is 19.0 Å². The second kappa shape index (κ2) is 8.58. The molecule has 6 heteroatoms. The van der Waals surface area contributed by atoms with E-state index >= 15 is 0 Å². The minimum absolute atomic E-state index is 0.333. The molecule has 1 aromatic carbocycles. The number of halogens is 1. The number of esters is 1. The number of allylic oxidation sites excluding steroid dienone is 1. The molecule has 0 radical (unpaired) electrons. The third-order valence-electron chi connectivity index (χ3n) is 3.75. The van der Waals surface area contributed by atoms with Gasteiger partial charge in [-0.25, -0.2) is 9.59 Å². The van der Waals surface area contributed by atoms with Gasteiger partial charge in [0.25, 0.3) is 0 Å². The molecule has 0 saturated carbocycles. The molecule has 0 unspecified atom stereocenters. The fraction of sp³-hybridized carbons (Fsp3) is 0.412. The van der Waals surface area contributed by atoms with Gasteiger partial charge >= 0.3 is 12.0 Å². The maximum atomic E-state index is 11.9. The van der Waals surface area contributed by atoms with Crippen LogP contribution in [0.2, 0.25) is 5.02 Å². The molecule has 0 spiro atoms. The zero-order chi connectivity index (χ0) is 16.7. The molecule has 2 rings (SSSR count). The van der Waals surface area contributed by atoms with E-state index in [9.17, 15) is 9.59 Å². The summed E-state index contributed by atoms with van der Waals surface area (Å²) in [5.41, 5.74) is 2.12. The first-order chi connectivity index (χ1) is 11.1. The molecule has 1 aliphatic rings. The van der Waals surface area contributed by atoms with E-state index in [0.29, 0.717) is 22.8 Å². The predicted molar refractivity (Wildman–Crippen MR) is 91.0 cm³/mol. The second-order valence-corrected chi connectivity index (χ2v) is 5.83. The Labute approximate surface area is 141 Å². The quantitative estimate of drug-likeness (QED) is 0.627. The minimum atomic E-state index is -0.477. The Morgan fingerprint density at radius 2 is 2.13 bits per heavy atom. The van der Waals surface area contributed by atoms with Crippen molar-refractivity contribution in [1.82, 2.24) is 5.32 Å². The van der Waals surface area contributed by atoms with Crippen LogP contribution in [0.5, 0.6) is 0 Å². The van der Waals surface area contributed by atoms with Crippen LogP contribution in [0.4, 0.5) is 10.5 Å². The average molecular weight is 337 g/mol. The van der Waals surface area contributed by atoms with E-state index in [1.807, 2.05) is 0 Å². The molecule has 0 fully saturated rings. The summed E-state index contributed by atoms with van der Waals surface area (Å²) in [4.78, 5) is 23.5. The van der Waals surface area contributed by atoms with Gasteiger partial charge in [0.15, 0.2) is 0 Å². The molecule has 0 aromatic heterocycles. The molecule has 0 heterocycles. The first kappa shape index (κ1) is 17.3. The van der Waals surface area contributed by atoms with Gasteiger partial charge in [0.2, 0.25) is 0 Å². The Hall–Kier alpha value is -2.01. The summed E-state index contributed by atoms with van der Waals surface area (Å²) in [6.07, 6.45) is 7.87. The van der Waals surface area contributed by atoms with Crippen LogP contribution in [-0.4, -0.2) is 25.7 Å². The zero-order valence-corrected chi connectivity index (χ0v) is 13.9. The summed E-state index contributed by atoms with van der Waals surface area (Å²) < 4.78 is 4.65. The van der Waals surface area contributed by atoms with Crippen LogP contribution in [0.15, 0.2) is 29.8 Å². The average Bonchev–Trinajstić information content (AvgIpc) is 2.57. The van der Waals surface area contributed by atoms with Crippen LogP contribution in [0.1, 0.15) is 42.5 Å². The number of hydrogen-bond donors (Lipinski definition) is 2. The molecule has 124 valence electrons. The third-order valence-corrected chi connectivity index (χ3v) is 4.08. The van der Waals surface area contributed by atoms with Crippen molar-refractivity contribution in [1.29, 1.82) is 0 Å². The van der Waals surface area contributed by atoms with Gasteiger partial charge < -0.3 is 15.4 Å². The molecule has 0 atom stereocenters. The Kier molecular flexibility index (Phi) is 6.47. The molecule has 5 nitrogen and oxygen atoms in total. The molecule has 2 N–H and O–H groups in total. The number of hydrogen-bond acceptors (Lipinski definition) is 3. The standard InChI is InChI=1S/C17H21ClN2O3/c1-23-16(21)13-7-8-14(18)15(11-13)20-17(22)19-10-9-12-5-3-2-4-6-12/h5,7-8,11H,2-4,6,9-10H2,1H3,(H2,19,20,22). The smallest absolute Gasteiger partial charge is 0.337 e. The summed E-state index contributed by atoms with van der Waals surface area (Å²) in [7, 11) is 1.30. The monoisotopic (exact) mass is 336 g/mol. The number of ether oxygens (including phenoxy) is 1. The van der Waals surface area contributed by atoms with Crippen LogP contribution in [0.3, 0.4) is 0 Å². The van der Waals surface area contributed by atoms with Gasteiger partial charge in [-0.05, 0) is 50.3 Å². The van der Waals surface area contributed by atoms with E-state index in [-0.39, 0.29) is 6.03 Å². The highest BCUT2D eigenvalue weighted by atomic mass is 35.5. The van der Waals surface area contributed by atoms with Crippen molar-refractivity contribution in [3.05, 3.63) is 40.4 Å². The van der Waals surface area contributed by atoms with Crippen molar-refractivity contribution in [2.24, 2.45) is 0 Å². The lowest BCUT2D eigenvalue weighted by molar-refractivity contribution is 0.0600. The minimum Gasteiger partial charge on any atom is -0.465 e. The fourth-order valence-electron chi connectivity index (χ4n) is 2.50. The Morgan fingerprint density at radius 3 is 2.83 bits per heavy atom. The van der Waals surface area contributed by atoms with Crippen LogP contribution < -0.4 is 10.6 Å². The Balaban J connectivity index is 1.87. The molecule has 0 aliphatic heterocycles. The summed E-state index contributed by atoms with van der Waals surface area (Å²) in [6, 6.07) is 4.26. The number of rotatable bonds is 5. The number of anilines is 1. The summed E-state index contributed by atoms with van der Waals surface area (Å²) in [6.45, 7) is 0.575. The number of carbonyl (C=O) groups is 2. The van der Waals surface area contributed by atoms with E-state index in [0.717, 1.165) is 19.3 Å². The van der Waals surface area contributed by atoms with Crippen LogP contribution in [0, 0.1) is 0 Å². The number of urea groups is 1. The van der Waals surface area contributed by atoms with Crippen molar-refractivity contribution in [3.8, 4) is 0 Å². The van der Waals surface area contributed by atoms with Gasteiger partial charge in [-0.2, -0.15) is 0 Å². The fourth-order valence-corrected chi connectivity index (χ4v) is 2.67. The number of methoxy groups -OCH3 is 1. The largest absolute Gasteiger partial charge is 0.465 e. The number of carbonyl (C=O) groups excluding carboxylic acids is 2. The number of benzene rings is 1. The maximum Gasteiger partial charge on any atom is 0.337 e. The van der Waals surface area contributed by atoms with Crippen molar-refractivity contribution in [2.45, 2.75) is 32.1 Å². The Morgan fingerprint density at radius 1 is 1.30 bits per heavy atom. The summed E-state index contributed by atoms with van der Waals surface area (Å²) in [5.74, 6) is -0.477. The van der Waals surface area contributed by atoms with E-state index in [4.69, 9.17) is 11.6 Å². The maximum absolute atomic E-state index is 11.9. The van der Waals surface area contributed by atoms with E-state index in [1.165, 1.54) is 31.6 Å². The van der Waals surface area contributed by atoms with Gasteiger partial charge in [-0.3, -0.25) is 0 Å². The summed E-state index contributed by atoms with van der Waals surface area (Å²) >= 11 is 6.04. The molecule has 1 aromatic rings. The van der Waals surface area contributed by atoms with Gasteiger partial charge in [-0.1, -0.05) is 23.3 Å². The van der Waals surface area contributed by atoms with Crippen LogP contribution in [-0.2, 0) is 4.74 Å². The summed E-state index contributed by atoms with van der Waals surface area (Å²) in [5, 5.41) is 5.82. The van der Waals surface area contributed by atoms with Gasteiger partial charge in [0.1, 0.15) is 0 Å². The third kappa shape index (κ3) is 5.28. The molecular formula is C17H21ClN2O3. The van der Waals surface area contributed by atoms with E-state index < -0.39 is 5.97 Å². The van der Waals surface area contributed by atoms with Crippen molar-refractivity contribution < 1.29 is 14.3 Å². The topological polar surface area (TPSA) is 67.4 Å². The molecule has 23 heavy (non-hydrogen) atoms. The molecule has 0 bridgehead atoms. The molecular weight excluding hydrogens is 316 g/mol. The second-order valence-electron chi connectivity index (χ2n) is 5.43. The lowest BCUT2D eigenvalue weighted by atomic mass is 9.97. The molecule has 1 aliphatic carbocycles. The van der Waals surface area contributed by atoms with Crippen molar-refractivity contribution in [3.63, 3.8) is 0 Å². The van der Waals surface area contributed by atoms with Crippen molar-refractivity contribution >= 4 is 29.3 Å². The first-order valence-corrected chi connectivity index (χ1v) is 8.08. The number of amides is 2. The lowest BCUT2D eigenvalue weighted by Gasteiger charge is -2.14. The SMILES string of the molecule is COC(=O)c1ccc(Cl)c(NC(=O)NCCC2=CCCCC2)c1. The highest BCUT2D eigenvalue weighted by Gasteiger charge is 2.11. The van der Waals surface area contributed by atoms with Crippen LogP contribution >= 0.6 is 11.6 Å². The number of nitrogens with one attached hydrogen (secondary N) is 2. The van der Waals surface area contributed by atoms with Gasteiger partial charge in [0, 0.05) is 6.54 Å². The molecule has 0 saturated heterocycles. The highest BCUT2D eigenvalue weighted by Crippen LogP contribution is 2.23. The van der Waals surface area contributed by atoms with E-state index in [2.05, 4.69) is 21.4 Å². The predicted octanol–water partition coefficient (Wildman–Crippen LogP) is 4.14. The van der Waals surface area contributed by atoms with E-state index in [1.54, 1.807) is 12.1 Å². The van der Waals surface area contributed by atoms with Gasteiger partial charge in [-0.15, -0.1) is 0 Å². The van der Waals surface area contributed by atoms with Gasteiger partial charge in [0.05, 0.1) is 23.4 Å². The lowest BCUT2D eigenvalue weighted by Crippen LogP contribution is -2.30. The Bertz CT molecular complexity index is 614.